The van der Waals surface area contributed by atoms with Crippen molar-refractivity contribution >= 4 is 27.8 Å². The van der Waals surface area contributed by atoms with Crippen molar-refractivity contribution in [3.8, 4) is 0 Å². The summed E-state index contributed by atoms with van der Waals surface area (Å²) in [7, 11) is 1.21. The number of fused-ring (bicyclic) bond motifs is 2. The first-order valence-electron chi connectivity index (χ1n) is 7.66. The lowest BCUT2D eigenvalue weighted by molar-refractivity contribution is 0.0601. The maximum Gasteiger partial charge on any atom is 0.341 e. The molecule has 8 heteroatoms. The highest BCUT2D eigenvalue weighted by molar-refractivity contribution is 6.02. The molecular weight excluding hydrogens is 341 g/mol. The smallest absolute Gasteiger partial charge is 0.341 e. The standard InChI is InChI=1S/C18H12FN3O4/c1-25-18(24)13-6-11(19)4-10-5-12(26-16(10)13)8-22-9-21-15-2-3-20-7-14(15)17(22)23/h2-7,9H,8H2,1H3. The molecule has 0 aliphatic rings. The number of pyridine rings is 1. The maximum atomic E-state index is 13.7. The van der Waals surface area contributed by atoms with Crippen LogP contribution in [0.15, 0.2) is 52.2 Å². The molecule has 0 saturated carbocycles. The predicted octanol–water partition coefficient (Wildman–Crippen LogP) is 2.51. The van der Waals surface area contributed by atoms with Crippen LogP contribution in [-0.4, -0.2) is 27.6 Å². The molecule has 0 bridgehead atoms. The van der Waals surface area contributed by atoms with Gasteiger partial charge in [0.1, 0.15) is 22.7 Å². The number of aromatic nitrogens is 3. The van der Waals surface area contributed by atoms with E-state index in [-0.39, 0.29) is 23.3 Å². The minimum Gasteiger partial charge on any atom is -0.465 e. The number of benzene rings is 1. The molecule has 0 saturated heterocycles. The summed E-state index contributed by atoms with van der Waals surface area (Å²) < 4.78 is 25.4. The number of hydrogen-bond acceptors (Lipinski definition) is 6. The predicted molar refractivity (Wildman–Crippen MR) is 90.4 cm³/mol. The number of ether oxygens (including phenoxy) is 1. The van der Waals surface area contributed by atoms with Crippen LogP contribution in [0, 0.1) is 5.82 Å². The van der Waals surface area contributed by atoms with Gasteiger partial charge in [0.15, 0.2) is 0 Å². The summed E-state index contributed by atoms with van der Waals surface area (Å²) in [6, 6.07) is 5.52. The number of methoxy groups -OCH3 is 1. The van der Waals surface area contributed by atoms with E-state index in [0.29, 0.717) is 22.0 Å². The summed E-state index contributed by atoms with van der Waals surface area (Å²) >= 11 is 0. The van der Waals surface area contributed by atoms with Gasteiger partial charge in [-0.15, -0.1) is 0 Å². The van der Waals surface area contributed by atoms with Crippen molar-refractivity contribution in [3.63, 3.8) is 0 Å². The molecule has 0 N–H and O–H groups in total. The lowest BCUT2D eigenvalue weighted by Gasteiger charge is -2.04. The number of nitrogens with zero attached hydrogens (tertiary/aromatic N) is 3. The van der Waals surface area contributed by atoms with E-state index in [9.17, 15) is 14.0 Å². The molecule has 0 fully saturated rings. The Bertz CT molecular complexity index is 1210. The van der Waals surface area contributed by atoms with Gasteiger partial charge in [-0.25, -0.2) is 14.2 Å². The third kappa shape index (κ3) is 2.61. The SMILES string of the molecule is COC(=O)c1cc(F)cc2cc(Cn3cnc4ccncc4c3=O)oc12. The maximum absolute atomic E-state index is 13.7. The van der Waals surface area contributed by atoms with Crippen molar-refractivity contribution < 1.29 is 18.3 Å². The molecular formula is C18H12FN3O4. The van der Waals surface area contributed by atoms with E-state index in [0.717, 1.165) is 6.07 Å². The molecule has 0 amide bonds. The second-order valence-corrected chi connectivity index (χ2v) is 5.65. The average Bonchev–Trinajstić information content (AvgIpc) is 3.05. The number of hydrogen-bond donors (Lipinski definition) is 0. The summed E-state index contributed by atoms with van der Waals surface area (Å²) in [6.45, 7) is 0.0770. The Labute approximate surface area is 145 Å². The Balaban J connectivity index is 1.80. The zero-order valence-corrected chi connectivity index (χ0v) is 13.6. The summed E-state index contributed by atoms with van der Waals surface area (Å²) in [5, 5.41) is 0.788. The zero-order valence-electron chi connectivity index (χ0n) is 13.6. The van der Waals surface area contributed by atoms with Gasteiger partial charge >= 0.3 is 5.97 Å². The molecule has 0 unspecified atom stereocenters. The highest BCUT2D eigenvalue weighted by Crippen LogP contribution is 2.25. The van der Waals surface area contributed by atoms with E-state index in [2.05, 4.69) is 14.7 Å². The Morgan fingerprint density at radius 2 is 2.19 bits per heavy atom. The molecule has 0 spiro atoms. The molecule has 0 radical (unpaired) electrons. The average molecular weight is 353 g/mol. The lowest BCUT2D eigenvalue weighted by atomic mass is 10.1. The Kier molecular flexibility index (Phi) is 3.72. The van der Waals surface area contributed by atoms with Crippen LogP contribution in [0.2, 0.25) is 0 Å². The molecule has 130 valence electrons. The highest BCUT2D eigenvalue weighted by atomic mass is 19.1. The van der Waals surface area contributed by atoms with E-state index < -0.39 is 11.8 Å². The van der Waals surface area contributed by atoms with Gasteiger partial charge in [0.2, 0.25) is 0 Å². The van der Waals surface area contributed by atoms with Gasteiger partial charge in [0, 0.05) is 17.8 Å². The van der Waals surface area contributed by atoms with Gasteiger partial charge in [-0.2, -0.15) is 0 Å². The summed E-state index contributed by atoms with van der Waals surface area (Å²) in [5.74, 6) is -0.908. The molecule has 4 aromatic rings. The summed E-state index contributed by atoms with van der Waals surface area (Å²) in [6.07, 6.45) is 4.41. The van der Waals surface area contributed by atoms with E-state index in [1.54, 1.807) is 18.3 Å². The third-order valence-corrected chi connectivity index (χ3v) is 3.99. The molecule has 3 heterocycles. The van der Waals surface area contributed by atoms with Crippen molar-refractivity contribution in [1.29, 1.82) is 0 Å². The Hall–Kier alpha value is -3.55. The van der Waals surface area contributed by atoms with Gasteiger partial charge in [-0.1, -0.05) is 0 Å². The molecule has 0 aliphatic heterocycles. The second-order valence-electron chi connectivity index (χ2n) is 5.65. The fourth-order valence-corrected chi connectivity index (χ4v) is 2.79. The van der Waals surface area contributed by atoms with Crippen molar-refractivity contribution in [2.24, 2.45) is 0 Å². The van der Waals surface area contributed by atoms with Crippen LogP contribution < -0.4 is 5.56 Å². The zero-order chi connectivity index (χ0) is 18.3. The molecule has 26 heavy (non-hydrogen) atoms. The lowest BCUT2D eigenvalue weighted by Crippen LogP contribution is -2.21. The largest absolute Gasteiger partial charge is 0.465 e. The second kappa shape index (κ2) is 6.07. The third-order valence-electron chi connectivity index (χ3n) is 3.99. The van der Waals surface area contributed by atoms with Crippen LogP contribution in [0.4, 0.5) is 4.39 Å². The molecule has 0 aliphatic carbocycles. The van der Waals surface area contributed by atoms with Crippen molar-refractivity contribution in [3.05, 3.63) is 70.5 Å². The van der Waals surface area contributed by atoms with Crippen molar-refractivity contribution in [2.45, 2.75) is 6.54 Å². The van der Waals surface area contributed by atoms with E-state index in [1.807, 2.05) is 0 Å². The van der Waals surface area contributed by atoms with Crippen LogP contribution in [0.3, 0.4) is 0 Å². The minimum atomic E-state index is -0.703. The number of carbonyl (C=O) groups is 1. The van der Waals surface area contributed by atoms with Crippen LogP contribution in [0.1, 0.15) is 16.1 Å². The van der Waals surface area contributed by atoms with Crippen molar-refractivity contribution in [1.82, 2.24) is 14.5 Å². The normalized spacial score (nSPS) is 11.2. The van der Waals surface area contributed by atoms with Crippen LogP contribution >= 0.6 is 0 Å². The fourth-order valence-electron chi connectivity index (χ4n) is 2.79. The first-order valence-corrected chi connectivity index (χ1v) is 7.66. The van der Waals surface area contributed by atoms with Gasteiger partial charge < -0.3 is 9.15 Å². The van der Waals surface area contributed by atoms with E-state index >= 15 is 0 Å². The highest BCUT2D eigenvalue weighted by Gasteiger charge is 2.17. The van der Waals surface area contributed by atoms with Crippen molar-refractivity contribution in [2.75, 3.05) is 7.11 Å². The Morgan fingerprint density at radius 1 is 1.35 bits per heavy atom. The fraction of sp³-hybridized carbons (Fsp3) is 0.111. The molecule has 3 aromatic heterocycles. The number of furan rings is 1. The first kappa shape index (κ1) is 15.9. The topological polar surface area (TPSA) is 87.2 Å². The number of halogens is 1. The molecule has 0 atom stereocenters. The quantitative estimate of drug-likeness (QED) is 0.526. The van der Waals surface area contributed by atoms with E-state index in [4.69, 9.17) is 4.42 Å². The first-order chi connectivity index (χ1) is 12.6. The summed E-state index contributed by atoms with van der Waals surface area (Å²) in [4.78, 5) is 32.5. The van der Waals surface area contributed by atoms with Gasteiger partial charge in [0.25, 0.3) is 5.56 Å². The van der Waals surface area contributed by atoms with Crippen LogP contribution in [-0.2, 0) is 11.3 Å². The van der Waals surface area contributed by atoms with Gasteiger partial charge in [-0.3, -0.25) is 14.3 Å². The van der Waals surface area contributed by atoms with Crippen LogP contribution in [0.5, 0.6) is 0 Å². The summed E-state index contributed by atoms with van der Waals surface area (Å²) in [5.41, 5.74) is 0.461. The Morgan fingerprint density at radius 3 is 3.00 bits per heavy atom. The monoisotopic (exact) mass is 353 g/mol. The molecule has 1 aromatic carbocycles. The van der Waals surface area contributed by atoms with Gasteiger partial charge in [-0.05, 0) is 24.3 Å². The van der Waals surface area contributed by atoms with Gasteiger partial charge in [0.05, 0.1) is 30.9 Å². The molecule has 7 nitrogen and oxygen atoms in total. The van der Waals surface area contributed by atoms with Crippen LogP contribution in [0.25, 0.3) is 21.9 Å². The number of rotatable bonds is 3. The molecule has 4 rings (SSSR count). The number of carbonyl (C=O) groups excluding carboxylic acids is 1. The number of esters is 1. The van der Waals surface area contributed by atoms with E-state index in [1.165, 1.54) is 30.3 Å². The minimum absolute atomic E-state index is 0.0121.